The van der Waals surface area contributed by atoms with Gasteiger partial charge in [-0.2, -0.15) is 0 Å². The highest BCUT2D eigenvalue weighted by atomic mass is 14.9. The summed E-state index contributed by atoms with van der Waals surface area (Å²) < 4.78 is 0. The van der Waals surface area contributed by atoms with Crippen molar-refractivity contribution in [3.63, 3.8) is 0 Å². The molecule has 0 saturated heterocycles. The van der Waals surface area contributed by atoms with Gasteiger partial charge in [0, 0.05) is 21.9 Å². The van der Waals surface area contributed by atoms with Crippen molar-refractivity contribution in [1.29, 1.82) is 0 Å². The predicted molar refractivity (Wildman–Crippen MR) is 88.2 cm³/mol. The number of aromatic amines is 1. The molecule has 4 aromatic rings. The lowest BCUT2D eigenvalue weighted by molar-refractivity contribution is 1.34. The number of para-hydroxylation sites is 1. The van der Waals surface area contributed by atoms with Gasteiger partial charge < -0.3 is 10.7 Å². The molecular formula is C18H15N3. The fourth-order valence-electron chi connectivity index (χ4n) is 2.87. The maximum absolute atomic E-state index is 6.03. The van der Waals surface area contributed by atoms with Crippen molar-refractivity contribution in [2.75, 3.05) is 5.73 Å². The SMILES string of the molecule is Cc1cccc(-c2nc(N)cc3c2[nH]c2ccccc23)c1. The van der Waals surface area contributed by atoms with E-state index >= 15 is 0 Å². The Morgan fingerprint density at radius 3 is 2.67 bits per heavy atom. The van der Waals surface area contributed by atoms with Crippen LogP contribution in [0.15, 0.2) is 54.6 Å². The quantitative estimate of drug-likeness (QED) is 0.544. The highest BCUT2D eigenvalue weighted by molar-refractivity contribution is 6.11. The molecule has 0 atom stereocenters. The van der Waals surface area contributed by atoms with E-state index in [1.165, 1.54) is 10.9 Å². The maximum Gasteiger partial charge on any atom is 0.124 e. The molecule has 3 nitrogen and oxygen atoms in total. The molecule has 0 fully saturated rings. The van der Waals surface area contributed by atoms with E-state index in [0.29, 0.717) is 5.82 Å². The van der Waals surface area contributed by atoms with E-state index in [2.05, 4.69) is 47.2 Å². The Morgan fingerprint density at radius 2 is 1.81 bits per heavy atom. The number of aromatic nitrogens is 2. The predicted octanol–water partition coefficient (Wildman–Crippen LogP) is 4.27. The van der Waals surface area contributed by atoms with Gasteiger partial charge in [0.25, 0.3) is 0 Å². The van der Waals surface area contributed by atoms with Gasteiger partial charge in [-0.25, -0.2) is 4.98 Å². The summed E-state index contributed by atoms with van der Waals surface area (Å²) in [6.45, 7) is 2.08. The Kier molecular flexibility index (Phi) is 2.48. The van der Waals surface area contributed by atoms with Gasteiger partial charge in [-0.3, -0.25) is 0 Å². The van der Waals surface area contributed by atoms with Gasteiger partial charge in [0.05, 0.1) is 11.2 Å². The maximum atomic E-state index is 6.03. The first-order valence-corrected chi connectivity index (χ1v) is 6.96. The topological polar surface area (TPSA) is 54.7 Å². The number of anilines is 1. The van der Waals surface area contributed by atoms with Crippen LogP contribution in [0.1, 0.15) is 5.56 Å². The van der Waals surface area contributed by atoms with Crippen LogP contribution in [0.4, 0.5) is 5.82 Å². The van der Waals surface area contributed by atoms with Crippen molar-refractivity contribution in [2.24, 2.45) is 0 Å². The number of benzene rings is 2. The van der Waals surface area contributed by atoms with Crippen molar-refractivity contribution in [2.45, 2.75) is 6.92 Å². The largest absolute Gasteiger partial charge is 0.384 e. The summed E-state index contributed by atoms with van der Waals surface area (Å²) in [5.41, 5.74) is 11.4. The van der Waals surface area contributed by atoms with Crippen molar-refractivity contribution in [3.05, 3.63) is 60.2 Å². The number of pyridine rings is 1. The van der Waals surface area contributed by atoms with Crippen LogP contribution in [0.2, 0.25) is 0 Å². The zero-order valence-electron chi connectivity index (χ0n) is 11.7. The summed E-state index contributed by atoms with van der Waals surface area (Å²) in [4.78, 5) is 8.03. The van der Waals surface area contributed by atoms with Crippen LogP contribution in [0.25, 0.3) is 33.1 Å². The van der Waals surface area contributed by atoms with Crippen molar-refractivity contribution < 1.29 is 0 Å². The van der Waals surface area contributed by atoms with Crippen LogP contribution in [0.3, 0.4) is 0 Å². The number of nitrogens with one attached hydrogen (secondary N) is 1. The molecule has 0 saturated carbocycles. The fourth-order valence-corrected chi connectivity index (χ4v) is 2.87. The van der Waals surface area contributed by atoms with Crippen LogP contribution >= 0.6 is 0 Å². The van der Waals surface area contributed by atoms with Gasteiger partial charge in [-0.05, 0) is 25.1 Å². The van der Waals surface area contributed by atoms with Crippen molar-refractivity contribution in [1.82, 2.24) is 9.97 Å². The molecule has 21 heavy (non-hydrogen) atoms. The molecule has 0 aliphatic heterocycles. The number of rotatable bonds is 1. The number of nitrogens with zero attached hydrogens (tertiary/aromatic N) is 1. The van der Waals surface area contributed by atoms with E-state index in [4.69, 9.17) is 5.73 Å². The smallest absolute Gasteiger partial charge is 0.124 e. The average Bonchev–Trinajstić information content (AvgIpc) is 2.85. The number of hydrogen-bond acceptors (Lipinski definition) is 2. The second kappa shape index (κ2) is 4.35. The number of fused-ring (bicyclic) bond motifs is 3. The summed E-state index contributed by atoms with van der Waals surface area (Å²) >= 11 is 0. The van der Waals surface area contributed by atoms with E-state index < -0.39 is 0 Å². The molecule has 3 heteroatoms. The Labute approximate surface area is 122 Å². The van der Waals surface area contributed by atoms with Crippen LogP contribution in [0.5, 0.6) is 0 Å². The second-order valence-corrected chi connectivity index (χ2v) is 5.36. The molecule has 0 aliphatic rings. The molecule has 0 aliphatic carbocycles. The minimum absolute atomic E-state index is 0.545. The zero-order valence-corrected chi connectivity index (χ0v) is 11.7. The Morgan fingerprint density at radius 1 is 0.952 bits per heavy atom. The minimum atomic E-state index is 0.545. The molecule has 2 aromatic carbocycles. The molecule has 0 spiro atoms. The van der Waals surface area contributed by atoms with E-state index in [-0.39, 0.29) is 0 Å². The van der Waals surface area contributed by atoms with Gasteiger partial charge in [0.15, 0.2) is 0 Å². The van der Waals surface area contributed by atoms with Gasteiger partial charge in [0.1, 0.15) is 5.82 Å². The lowest BCUT2D eigenvalue weighted by Gasteiger charge is -2.05. The molecule has 2 heterocycles. The molecular weight excluding hydrogens is 258 g/mol. The zero-order chi connectivity index (χ0) is 14.4. The number of hydrogen-bond donors (Lipinski definition) is 2. The highest BCUT2D eigenvalue weighted by Crippen LogP contribution is 2.33. The third kappa shape index (κ3) is 1.86. The van der Waals surface area contributed by atoms with Crippen LogP contribution in [-0.4, -0.2) is 9.97 Å². The van der Waals surface area contributed by atoms with Gasteiger partial charge in [-0.15, -0.1) is 0 Å². The van der Waals surface area contributed by atoms with E-state index in [1.54, 1.807) is 0 Å². The summed E-state index contributed by atoms with van der Waals surface area (Å²) in [5.74, 6) is 0.545. The average molecular weight is 273 g/mol. The molecule has 4 rings (SSSR count). The molecule has 0 radical (unpaired) electrons. The molecule has 102 valence electrons. The molecule has 0 amide bonds. The second-order valence-electron chi connectivity index (χ2n) is 5.36. The van der Waals surface area contributed by atoms with E-state index in [0.717, 1.165) is 27.7 Å². The van der Waals surface area contributed by atoms with Gasteiger partial charge in [-0.1, -0.05) is 42.0 Å². The monoisotopic (exact) mass is 273 g/mol. The molecule has 0 bridgehead atoms. The lowest BCUT2D eigenvalue weighted by atomic mass is 10.1. The van der Waals surface area contributed by atoms with Crippen LogP contribution < -0.4 is 5.73 Å². The fraction of sp³-hybridized carbons (Fsp3) is 0.0556. The summed E-state index contributed by atoms with van der Waals surface area (Å²) in [6.07, 6.45) is 0. The standard InChI is InChI=1S/C18H15N3/c1-11-5-4-6-12(9-11)17-18-14(10-16(19)21-17)13-7-2-3-8-15(13)20-18/h2-10,20H,1H3,(H2,19,21). The molecule has 2 aromatic heterocycles. The van der Waals surface area contributed by atoms with Crippen molar-refractivity contribution >= 4 is 27.6 Å². The van der Waals surface area contributed by atoms with Crippen molar-refractivity contribution in [3.8, 4) is 11.3 Å². The minimum Gasteiger partial charge on any atom is -0.384 e. The Bertz CT molecular complexity index is 967. The number of aryl methyl sites for hydroxylation is 1. The lowest BCUT2D eigenvalue weighted by Crippen LogP contribution is -1.93. The third-order valence-corrected chi connectivity index (χ3v) is 3.81. The first-order chi connectivity index (χ1) is 10.2. The first-order valence-electron chi connectivity index (χ1n) is 6.96. The Balaban J connectivity index is 2.13. The Hall–Kier alpha value is -2.81. The van der Waals surface area contributed by atoms with Crippen LogP contribution in [0, 0.1) is 6.92 Å². The van der Waals surface area contributed by atoms with Crippen LogP contribution in [-0.2, 0) is 0 Å². The summed E-state index contributed by atoms with van der Waals surface area (Å²) in [6, 6.07) is 18.5. The molecule has 3 N–H and O–H groups in total. The highest BCUT2D eigenvalue weighted by Gasteiger charge is 2.12. The third-order valence-electron chi connectivity index (χ3n) is 3.81. The van der Waals surface area contributed by atoms with Gasteiger partial charge in [0.2, 0.25) is 0 Å². The van der Waals surface area contributed by atoms with E-state index in [9.17, 15) is 0 Å². The number of H-pyrrole nitrogens is 1. The normalized spacial score (nSPS) is 11.3. The molecule has 0 unspecified atom stereocenters. The number of nitrogens with two attached hydrogens (primary N) is 1. The summed E-state index contributed by atoms with van der Waals surface area (Å²) in [7, 11) is 0. The van der Waals surface area contributed by atoms with E-state index in [1.807, 2.05) is 24.3 Å². The summed E-state index contributed by atoms with van der Waals surface area (Å²) in [5, 5.41) is 2.30. The first kappa shape index (κ1) is 12.0. The van der Waals surface area contributed by atoms with Gasteiger partial charge >= 0.3 is 0 Å². The number of nitrogen functional groups attached to an aromatic ring is 1.